The van der Waals surface area contributed by atoms with E-state index in [0.717, 1.165) is 11.1 Å². The zero-order valence-corrected chi connectivity index (χ0v) is 16.9. The molecule has 7 nitrogen and oxygen atoms in total. The van der Waals surface area contributed by atoms with Crippen LogP contribution in [0, 0.1) is 5.82 Å². The number of halogens is 1. The minimum atomic E-state index is -0.518. The van der Waals surface area contributed by atoms with Crippen molar-refractivity contribution >= 4 is 11.9 Å². The molecule has 2 aromatic rings. The number of likely N-dealkylation sites (N-methyl/N-ethyl adjacent to an activating group) is 1. The number of urea groups is 1. The van der Waals surface area contributed by atoms with Gasteiger partial charge in [0.2, 0.25) is 5.91 Å². The maximum atomic E-state index is 13.0. The van der Waals surface area contributed by atoms with Gasteiger partial charge in [0.05, 0.1) is 6.54 Å². The Morgan fingerprint density at radius 1 is 1.07 bits per heavy atom. The summed E-state index contributed by atoms with van der Waals surface area (Å²) in [5.41, 5.74) is 4.46. The first-order valence-electron chi connectivity index (χ1n) is 9.31. The molecular formula is C21H27FN4O3. The number of hydrogen-bond acceptors (Lipinski definition) is 5. The SMILES string of the molecule is CNN(C)CC(=O)N(C(=O)NCc1ccc(F)cc1)C(C)Cc1ccc(O)cc1. The Morgan fingerprint density at radius 3 is 2.24 bits per heavy atom. The second kappa shape index (κ2) is 10.5. The predicted octanol–water partition coefficient (Wildman–Crippen LogP) is 2.27. The van der Waals surface area contributed by atoms with Crippen LogP contribution in [0.15, 0.2) is 48.5 Å². The highest BCUT2D eigenvalue weighted by molar-refractivity contribution is 5.95. The number of hydrogen-bond donors (Lipinski definition) is 3. The minimum absolute atomic E-state index is 0.0143. The standard InChI is InChI=1S/C21H27FN4O3/c1-15(12-16-6-10-19(27)11-7-16)26(20(28)14-25(3)23-2)21(29)24-13-17-4-8-18(22)9-5-17/h4-11,15,23,27H,12-14H2,1-3H3,(H,24,29). The minimum Gasteiger partial charge on any atom is -0.508 e. The number of benzene rings is 2. The number of rotatable bonds is 8. The highest BCUT2D eigenvalue weighted by atomic mass is 19.1. The van der Waals surface area contributed by atoms with E-state index in [1.54, 1.807) is 62.4 Å². The van der Waals surface area contributed by atoms with Gasteiger partial charge in [0.25, 0.3) is 0 Å². The van der Waals surface area contributed by atoms with E-state index in [-0.39, 0.29) is 30.6 Å². The number of phenolic OH excluding ortho intramolecular Hbond substituents is 1. The Bertz CT molecular complexity index is 812. The number of nitrogens with one attached hydrogen (secondary N) is 2. The van der Waals surface area contributed by atoms with Crippen LogP contribution in [0.25, 0.3) is 0 Å². The summed E-state index contributed by atoms with van der Waals surface area (Å²) in [5.74, 6) is -0.554. The summed E-state index contributed by atoms with van der Waals surface area (Å²) in [6, 6.07) is 11.5. The van der Waals surface area contributed by atoms with Gasteiger partial charge in [0.15, 0.2) is 0 Å². The average molecular weight is 402 g/mol. The van der Waals surface area contributed by atoms with Crippen molar-refractivity contribution < 1.29 is 19.1 Å². The Labute approximate surface area is 170 Å². The summed E-state index contributed by atoms with van der Waals surface area (Å²) in [5, 5.41) is 13.7. The third-order valence-corrected chi connectivity index (χ3v) is 4.51. The molecule has 2 aromatic carbocycles. The van der Waals surface area contributed by atoms with E-state index in [1.807, 2.05) is 0 Å². The van der Waals surface area contributed by atoms with Crippen LogP contribution in [0.3, 0.4) is 0 Å². The average Bonchev–Trinajstić information content (AvgIpc) is 2.69. The van der Waals surface area contributed by atoms with E-state index in [0.29, 0.717) is 6.42 Å². The lowest BCUT2D eigenvalue weighted by Gasteiger charge is -2.29. The third kappa shape index (κ3) is 6.85. The second-order valence-corrected chi connectivity index (χ2v) is 6.85. The molecule has 3 amide bonds. The number of amides is 3. The monoisotopic (exact) mass is 402 g/mol. The molecule has 1 unspecified atom stereocenters. The zero-order chi connectivity index (χ0) is 21.4. The van der Waals surface area contributed by atoms with Gasteiger partial charge in [-0.05, 0) is 55.8 Å². The van der Waals surface area contributed by atoms with Crippen LogP contribution in [0.2, 0.25) is 0 Å². The van der Waals surface area contributed by atoms with E-state index in [1.165, 1.54) is 17.0 Å². The quantitative estimate of drug-likeness (QED) is 0.590. The van der Waals surface area contributed by atoms with Crippen molar-refractivity contribution in [2.75, 3.05) is 20.6 Å². The van der Waals surface area contributed by atoms with Crippen molar-refractivity contribution in [1.82, 2.24) is 20.7 Å². The van der Waals surface area contributed by atoms with Gasteiger partial charge in [-0.2, -0.15) is 0 Å². The normalized spacial score (nSPS) is 11.9. The fourth-order valence-electron chi connectivity index (χ4n) is 2.85. The lowest BCUT2D eigenvalue weighted by atomic mass is 10.1. The molecule has 0 saturated carbocycles. The number of carbonyl (C=O) groups is 2. The van der Waals surface area contributed by atoms with Gasteiger partial charge in [-0.25, -0.2) is 14.2 Å². The highest BCUT2D eigenvalue weighted by Gasteiger charge is 2.27. The van der Waals surface area contributed by atoms with Crippen molar-refractivity contribution in [3.8, 4) is 5.75 Å². The van der Waals surface area contributed by atoms with Crippen LogP contribution < -0.4 is 10.7 Å². The highest BCUT2D eigenvalue weighted by Crippen LogP contribution is 2.14. The molecule has 0 aliphatic rings. The van der Waals surface area contributed by atoms with Crippen LogP contribution in [0.4, 0.5) is 9.18 Å². The van der Waals surface area contributed by atoms with Gasteiger partial charge < -0.3 is 10.4 Å². The summed E-state index contributed by atoms with van der Waals surface area (Å²) in [6.45, 7) is 1.98. The largest absolute Gasteiger partial charge is 0.508 e. The lowest BCUT2D eigenvalue weighted by Crippen LogP contribution is -2.53. The van der Waals surface area contributed by atoms with Crippen LogP contribution in [0.1, 0.15) is 18.1 Å². The van der Waals surface area contributed by atoms with E-state index in [2.05, 4.69) is 10.7 Å². The third-order valence-electron chi connectivity index (χ3n) is 4.51. The molecule has 0 aliphatic carbocycles. The van der Waals surface area contributed by atoms with Crippen molar-refractivity contribution in [3.63, 3.8) is 0 Å². The molecule has 2 rings (SSSR count). The number of aromatic hydroxyl groups is 1. The first-order chi connectivity index (χ1) is 13.8. The summed E-state index contributed by atoms with van der Waals surface area (Å²) >= 11 is 0. The van der Waals surface area contributed by atoms with Crippen molar-refractivity contribution in [3.05, 3.63) is 65.5 Å². The fraction of sp³-hybridized carbons (Fsp3) is 0.333. The summed E-state index contributed by atoms with van der Waals surface area (Å²) in [4.78, 5) is 26.8. The lowest BCUT2D eigenvalue weighted by molar-refractivity contribution is -0.131. The van der Waals surface area contributed by atoms with Gasteiger partial charge in [-0.1, -0.05) is 24.3 Å². The molecule has 0 aromatic heterocycles. The van der Waals surface area contributed by atoms with Crippen molar-refractivity contribution in [1.29, 1.82) is 0 Å². The Hall–Kier alpha value is -2.97. The maximum absolute atomic E-state index is 13.0. The van der Waals surface area contributed by atoms with E-state index >= 15 is 0 Å². The Kier molecular flexibility index (Phi) is 8.11. The van der Waals surface area contributed by atoms with E-state index in [4.69, 9.17) is 0 Å². The van der Waals surface area contributed by atoms with E-state index in [9.17, 15) is 19.1 Å². The molecule has 156 valence electrons. The topological polar surface area (TPSA) is 84.9 Å². The summed E-state index contributed by atoms with van der Waals surface area (Å²) in [7, 11) is 3.39. The molecule has 3 N–H and O–H groups in total. The number of nitrogens with zero attached hydrogens (tertiary/aromatic N) is 2. The van der Waals surface area contributed by atoms with Gasteiger partial charge in [0, 0.05) is 19.6 Å². The van der Waals surface area contributed by atoms with Crippen molar-refractivity contribution in [2.45, 2.75) is 25.9 Å². The molecule has 8 heteroatoms. The van der Waals surface area contributed by atoms with Crippen LogP contribution in [-0.4, -0.2) is 53.6 Å². The molecule has 0 saturated heterocycles. The second-order valence-electron chi connectivity index (χ2n) is 6.85. The molecule has 0 spiro atoms. The molecule has 1 atom stereocenters. The first kappa shape index (κ1) is 22.3. The molecule has 0 heterocycles. The molecular weight excluding hydrogens is 375 g/mol. The van der Waals surface area contributed by atoms with Crippen LogP contribution in [-0.2, 0) is 17.8 Å². The predicted molar refractivity (Wildman–Crippen MR) is 108 cm³/mol. The number of phenols is 1. The first-order valence-corrected chi connectivity index (χ1v) is 9.31. The zero-order valence-electron chi connectivity index (χ0n) is 16.9. The van der Waals surface area contributed by atoms with Gasteiger partial charge in [-0.3, -0.25) is 15.1 Å². The molecule has 0 fully saturated rings. The smallest absolute Gasteiger partial charge is 0.324 e. The van der Waals surface area contributed by atoms with Gasteiger partial charge in [-0.15, -0.1) is 0 Å². The number of imide groups is 1. The van der Waals surface area contributed by atoms with Crippen LogP contribution >= 0.6 is 0 Å². The molecule has 0 aliphatic heterocycles. The van der Waals surface area contributed by atoms with Crippen LogP contribution in [0.5, 0.6) is 5.75 Å². The fourth-order valence-corrected chi connectivity index (χ4v) is 2.85. The van der Waals surface area contributed by atoms with E-state index < -0.39 is 12.1 Å². The van der Waals surface area contributed by atoms with Crippen molar-refractivity contribution in [2.24, 2.45) is 0 Å². The van der Waals surface area contributed by atoms with Gasteiger partial charge in [0.1, 0.15) is 11.6 Å². The molecule has 0 bridgehead atoms. The maximum Gasteiger partial charge on any atom is 0.324 e. The Morgan fingerprint density at radius 2 is 1.66 bits per heavy atom. The van der Waals surface area contributed by atoms with Gasteiger partial charge >= 0.3 is 6.03 Å². The number of hydrazine groups is 1. The molecule has 0 radical (unpaired) electrons. The number of carbonyl (C=O) groups excluding carboxylic acids is 2. The summed E-state index contributed by atoms with van der Waals surface area (Å²) < 4.78 is 13.0. The molecule has 29 heavy (non-hydrogen) atoms. The Balaban J connectivity index is 2.11. The summed E-state index contributed by atoms with van der Waals surface area (Å²) in [6.07, 6.45) is 0.444.